The van der Waals surface area contributed by atoms with E-state index in [9.17, 15) is 9.90 Å². The topological polar surface area (TPSA) is 64.6 Å². The average Bonchev–Trinajstić information content (AvgIpc) is 2.59. The largest absolute Gasteiger partial charge is 0.388 e. The highest BCUT2D eigenvalue weighted by Crippen LogP contribution is 2.30. The van der Waals surface area contributed by atoms with Crippen LogP contribution in [0.1, 0.15) is 50.2 Å². The van der Waals surface area contributed by atoms with E-state index < -0.39 is 5.60 Å². The van der Waals surface area contributed by atoms with Crippen LogP contribution >= 0.6 is 0 Å². The molecule has 1 aliphatic carbocycles. The van der Waals surface area contributed by atoms with Gasteiger partial charge in [-0.05, 0) is 62.2 Å². The number of carbonyl (C=O) groups is 1. The second-order valence-corrected chi connectivity index (χ2v) is 7.89. The quantitative estimate of drug-likeness (QED) is 0.743. The van der Waals surface area contributed by atoms with Gasteiger partial charge in [0.1, 0.15) is 0 Å². The second-order valence-electron chi connectivity index (χ2n) is 7.89. The molecular weight excluding hydrogens is 314 g/mol. The molecule has 25 heavy (non-hydrogen) atoms. The summed E-state index contributed by atoms with van der Waals surface area (Å²) in [4.78, 5) is 14.3. The molecular formula is C20H31N3O2. The summed E-state index contributed by atoms with van der Waals surface area (Å²) in [5.41, 5.74) is 1.74. The van der Waals surface area contributed by atoms with Crippen molar-refractivity contribution in [1.82, 2.24) is 15.5 Å². The fraction of sp³-hybridized carbons (Fsp3) is 0.650. The summed E-state index contributed by atoms with van der Waals surface area (Å²) in [5, 5.41) is 15.6. The molecule has 2 fully saturated rings. The lowest BCUT2D eigenvalue weighted by Gasteiger charge is -2.36. The summed E-state index contributed by atoms with van der Waals surface area (Å²) in [6.07, 6.45) is 5.20. The number of aliphatic hydroxyl groups is 1. The van der Waals surface area contributed by atoms with Gasteiger partial charge in [-0.3, -0.25) is 4.90 Å². The smallest absolute Gasteiger partial charge is 0.315 e. The monoisotopic (exact) mass is 345 g/mol. The molecule has 0 aromatic heterocycles. The van der Waals surface area contributed by atoms with Crippen LogP contribution in [0.5, 0.6) is 0 Å². The molecule has 5 nitrogen and oxygen atoms in total. The minimum Gasteiger partial charge on any atom is -0.388 e. The van der Waals surface area contributed by atoms with Crippen molar-refractivity contribution in [2.24, 2.45) is 5.92 Å². The SMILES string of the molecule is CC1CCN(Cc2ccc(CNC(=O)NCC3(O)CCC3)cc2)CC1. The standard InChI is InChI=1S/C20H31N3O2/c1-16-7-11-23(12-8-16)14-18-5-3-17(4-6-18)13-21-19(24)22-15-20(25)9-2-10-20/h3-6,16,25H,2,7-15H2,1H3,(H2,21,22,24). The Morgan fingerprint density at radius 2 is 1.80 bits per heavy atom. The number of nitrogens with zero attached hydrogens (tertiary/aromatic N) is 1. The number of hydrogen-bond acceptors (Lipinski definition) is 3. The molecule has 2 aliphatic rings. The summed E-state index contributed by atoms with van der Waals surface area (Å²) in [6.45, 7) is 6.58. The van der Waals surface area contributed by atoms with Gasteiger partial charge >= 0.3 is 6.03 Å². The minimum atomic E-state index is -0.675. The Morgan fingerprint density at radius 1 is 1.16 bits per heavy atom. The predicted octanol–water partition coefficient (Wildman–Crippen LogP) is 2.63. The van der Waals surface area contributed by atoms with Gasteiger partial charge in [-0.15, -0.1) is 0 Å². The van der Waals surface area contributed by atoms with Gasteiger partial charge in [0.05, 0.1) is 5.60 Å². The normalized spacial score (nSPS) is 20.7. The first-order valence-electron chi connectivity index (χ1n) is 9.57. The maximum Gasteiger partial charge on any atom is 0.315 e. The number of nitrogens with one attached hydrogen (secondary N) is 2. The Bertz CT molecular complexity index is 561. The molecule has 3 N–H and O–H groups in total. The Morgan fingerprint density at radius 3 is 2.40 bits per heavy atom. The first-order chi connectivity index (χ1) is 12.0. The second kappa shape index (κ2) is 8.19. The lowest BCUT2D eigenvalue weighted by molar-refractivity contribution is -0.0290. The molecule has 1 aromatic carbocycles. The number of likely N-dealkylation sites (tertiary alicyclic amines) is 1. The minimum absolute atomic E-state index is 0.216. The van der Waals surface area contributed by atoms with E-state index in [0.29, 0.717) is 13.1 Å². The maximum atomic E-state index is 11.8. The fourth-order valence-corrected chi connectivity index (χ4v) is 3.49. The van der Waals surface area contributed by atoms with E-state index in [1.165, 1.54) is 31.5 Å². The Labute approximate surface area is 150 Å². The van der Waals surface area contributed by atoms with E-state index in [4.69, 9.17) is 0 Å². The Hall–Kier alpha value is -1.59. The number of rotatable bonds is 6. The van der Waals surface area contributed by atoms with Gasteiger partial charge < -0.3 is 15.7 Å². The molecule has 0 spiro atoms. The van der Waals surface area contributed by atoms with Gasteiger partial charge in [0, 0.05) is 19.6 Å². The summed E-state index contributed by atoms with van der Waals surface area (Å²) < 4.78 is 0. The maximum absolute atomic E-state index is 11.8. The van der Waals surface area contributed by atoms with E-state index in [0.717, 1.165) is 37.3 Å². The molecule has 1 saturated carbocycles. The Kier molecular flexibility index (Phi) is 5.97. The Balaban J connectivity index is 1.37. The molecule has 0 atom stereocenters. The number of benzene rings is 1. The van der Waals surface area contributed by atoms with E-state index in [1.54, 1.807) is 0 Å². The van der Waals surface area contributed by atoms with Crippen LogP contribution < -0.4 is 10.6 Å². The third-order valence-corrected chi connectivity index (χ3v) is 5.62. The first kappa shape index (κ1) is 18.2. The highest BCUT2D eigenvalue weighted by molar-refractivity contribution is 5.73. The zero-order valence-electron chi connectivity index (χ0n) is 15.3. The molecule has 1 aliphatic heterocycles. The van der Waals surface area contributed by atoms with Gasteiger partial charge in [-0.25, -0.2) is 4.79 Å². The molecule has 1 heterocycles. The van der Waals surface area contributed by atoms with Crippen molar-refractivity contribution in [3.05, 3.63) is 35.4 Å². The van der Waals surface area contributed by atoms with Gasteiger partial charge in [0.25, 0.3) is 0 Å². The van der Waals surface area contributed by atoms with Crippen molar-refractivity contribution in [2.75, 3.05) is 19.6 Å². The summed E-state index contributed by atoms with van der Waals surface area (Å²) in [6, 6.07) is 8.27. The van der Waals surface area contributed by atoms with Crippen LogP contribution in [0.3, 0.4) is 0 Å². The van der Waals surface area contributed by atoms with Crippen LogP contribution in [0.15, 0.2) is 24.3 Å². The molecule has 0 radical (unpaired) electrons. The van der Waals surface area contributed by atoms with E-state index >= 15 is 0 Å². The highest BCUT2D eigenvalue weighted by Gasteiger charge is 2.34. The number of amides is 2. The zero-order chi connectivity index (χ0) is 17.7. The number of piperidine rings is 1. The van der Waals surface area contributed by atoms with E-state index in [2.05, 4.69) is 46.7 Å². The summed E-state index contributed by atoms with van der Waals surface area (Å²) >= 11 is 0. The molecule has 3 rings (SSSR count). The third-order valence-electron chi connectivity index (χ3n) is 5.62. The number of carbonyl (C=O) groups excluding carboxylic acids is 1. The van der Waals surface area contributed by atoms with Crippen LogP contribution in [0, 0.1) is 5.92 Å². The van der Waals surface area contributed by atoms with Crippen molar-refractivity contribution in [3.8, 4) is 0 Å². The van der Waals surface area contributed by atoms with Crippen LogP contribution in [0.4, 0.5) is 4.79 Å². The van der Waals surface area contributed by atoms with Crippen molar-refractivity contribution in [2.45, 2.75) is 57.7 Å². The lowest BCUT2D eigenvalue weighted by atomic mass is 9.80. The summed E-state index contributed by atoms with van der Waals surface area (Å²) in [5.74, 6) is 0.862. The van der Waals surface area contributed by atoms with Gasteiger partial charge in [0.15, 0.2) is 0 Å². The molecule has 0 unspecified atom stereocenters. The van der Waals surface area contributed by atoms with Gasteiger partial charge in [-0.2, -0.15) is 0 Å². The third kappa shape index (κ3) is 5.44. The van der Waals surface area contributed by atoms with E-state index in [1.807, 2.05) is 0 Å². The van der Waals surface area contributed by atoms with Gasteiger partial charge in [0.2, 0.25) is 0 Å². The number of urea groups is 1. The summed E-state index contributed by atoms with van der Waals surface area (Å²) in [7, 11) is 0. The van der Waals surface area contributed by atoms with Crippen molar-refractivity contribution >= 4 is 6.03 Å². The van der Waals surface area contributed by atoms with Crippen LogP contribution in [0.2, 0.25) is 0 Å². The molecule has 138 valence electrons. The highest BCUT2D eigenvalue weighted by atomic mass is 16.3. The molecule has 1 saturated heterocycles. The zero-order valence-corrected chi connectivity index (χ0v) is 15.3. The average molecular weight is 345 g/mol. The van der Waals surface area contributed by atoms with Gasteiger partial charge in [-0.1, -0.05) is 31.2 Å². The molecule has 5 heteroatoms. The van der Waals surface area contributed by atoms with Crippen LogP contribution in [0.25, 0.3) is 0 Å². The van der Waals surface area contributed by atoms with Crippen LogP contribution in [-0.2, 0) is 13.1 Å². The van der Waals surface area contributed by atoms with Crippen molar-refractivity contribution in [1.29, 1.82) is 0 Å². The fourth-order valence-electron chi connectivity index (χ4n) is 3.49. The van der Waals surface area contributed by atoms with Crippen molar-refractivity contribution < 1.29 is 9.90 Å². The van der Waals surface area contributed by atoms with Crippen molar-refractivity contribution in [3.63, 3.8) is 0 Å². The first-order valence-corrected chi connectivity index (χ1v) is 9.57. The van der Waals surface area contributed by atoms with Crippen LogP contribution in [-0.4, -0.2) is 41.3 Å². The molecule has 0 bridgehead atoms. The van der Waals surface area contributed by atoms with E-state index in [-0.39, 0.29) is 6.03 Å². The number of hydrogen-bond donors (Lipinski definition) is 3. The molecule has 2 amide bonds. The molecule has 1 aromatic rings. The predicted molar refractivity (Wildman–Crippen MR) is 99.2 cm³/mol. The lowest BCUT2D eigenvalue weighted by Crippen LogP contribution is -2.49.